The first-order chi connectivity index (χ1) is 12.7. The molecule has 0 aliphatic carbocycles. The molecule has 1 amide bonds. The highest BCUT2D eigenvalue weighted by molar-refractivity contribution is 5.96. The lowest BCUT2D eigenvalue weighted by Crippen LogP contribution is -2.35. The molecule has 0 saturated carbocycles. The average Bonchev–Trinajstić information content (AvgIpc) is 2.70. The molecule has 1 fully saturated rings. The lowest BCUT2D eigenvalue weighted by atomic mass is 10.0. The molecule has 0 atom stereocenters. The van der Waals surface area contributed by atoms with Crippen LogP contribution in [0.25, 0.3) is 5.32 Å². The maximum Gasteiger partial charge on any atom is 0.227 e. The standard InChI is InChI=1S/C21H24N3O2/c1-26-19-13-16(12-18(14-19)23-10-8-22-9-11-23)15-24-20-5-3-2-4-17(20)6-7-21(24)25/h2-5,12-14H,6-11,15H2,1H3/q-1. The molecule has 0 N–H and O–H groups in total. The van der Waals surface area contributed by atoms with Crippen molar-refractivity contribution >= 4 is 17.3 Å². The Bertz CT molecular complexity index is 800. The molecule has 0 bridgehead atoms. The number of piperazine rings is 1. The topological polar surface area (TPSA) is 46.9 Å². The number of fused-ring (bicyclic) bond motifs is 1. The molecule has 0 spiro atoms. The van der Waals surface area contributed by atoms with E-state index in [4.69, 9.17) is 4.74 Å². The Labute approximate surface area is 154 Å². The smallest absolute Gasteiger partial charge is 0.227 e. The predicted molar refractivity (Wildman–Crippen MR) is 104 cm³/mol. The van der Waals surface area contributed by atoms with Gasteiger partial charge in [-0.05, 0) is 48.8 Å². The average molecular weight is 350 g/mol. The van der Waals surface area contributed by atoms with Crippen LogP contribution in [0.2, 0.25) is 0 Å². The molecule has 2 aliphatic rings. The molecule has 0 radical (unpaired) electrons. The number of hydrogen-bond acceptors (Lipinski definition) is 3. The first kappa shape index (κ1) is 16.9. The number of rotatable bonds is 4. The molecule has 1 saturated heterocycles. The van der Waals surface area contributed by atoms with Gasteiger partial charge in [0.15, 0.2) is 0 Å². The summed E-state index contributed by atoms with van der Waals surface area (Å²) in [6.45, 7) is 4.16. The van der Waals surface area contributed by atoms with Crippen LogP contribution in [0.3, 0.4) is 0 Å². The van der Waals surface area contributed by atoms with E-state index in [1.54, 1.807) is 7.11 Å². The zero-order valence-corrected chi connectivity index (χ0v) is 15.1. The van der Waals surface area contributed by atoms with Crippen LogP contribution in [-0.2, 0) is 17.8 Å². The van der Waals surface area contributed by atoms with Gasteiger partial charge in [0, 0.05) is 23.9 Å². The van der Waals surface area contributed by atoms with E-state index in [2.05, 4.69) is 28.4 Å². The van der Waals surface area contributed by atoms with E-state index < -0.39 is 0 Å². The number of aryl methyl sites for hydroxylation is 1. The fourth-order valence-electron chi connectivity index (χ4n) is 3.75. The summed E-state index contributed by atoms with van der Waals surface area (Å²) in [5, 5.41) is 4.42. The fraction of sp³-hybridized carbons (Fsp3) is 0.381. The van der Waals surface area contributed by atoms with Crippen molar-refractivity contribution in [1.82, 2.24) is 0 Å². The third-order valence-electron chi connectivity index (χ3n) is 5.14. The molecule has 0 unspecified atom stereocenters. The van der Waals surface area contributed by atoms with Crippen molar-refractivity contribution in [3.63, 3.8) is 0 Å². The number of nitrogens with zero attached hydrogens (tertiary/aromatic N) is 3. The zero-order valence-electron chi connectivity index (χ0n) is 15.1. The third-order valence-corrected chi connectivity index (χ3v) is 5.14. The van der Waals surface area contributed by atoms with Crippen molar-refractivity contribution in [2.45, 2.75) is 19.4 Å². The van der Waals surface area contributed by atoms with Crippen LogP contribution in [0.5, 0.6) is 5.75 Å². The monoisotopic (exact) mass is 350 g/mol. The Balaban J connectivity index is 1.64. The second kappa shape index (κ2) is 7.38. The van der Waals surface area contributed by atoms with Gasteiger partial charge < -0.3 is 19.9 Å². The third kappa shape index (κ3) is 3.40. The molecule has 2 aromatic carbocycles. The Morgan fingerprint density at radius 2 is 1.88 bits per heavy atom. The Morgan fingerprint density at radius 1 is 1.08 bits per heavy atom. The van der Waals surface area contributed by atoms with Crippen molar-refractivity contribution in [2.24, 2.45) is 0 Å². The number of para-hydroxylation sites is 1. The summed E-state index contributed by atoms with van der Waals surface area (Å²) < 4.78 is 5.52. The van der Waals surface area contributed by atoms with Gasteiger partial charge >= 0.3 is 0 Å². The van der Waals surface area contributed by atoms with Gasteiger partial charge in [-0.1, -0.05) is 18.2 Å². The quantitative estimate of drug-likeness (QED) is 0.849. The number of methoxy groups -OCH3 is 1. The van der Waals surface area contributed by atoms with Crippen molar-refractivity contribution in [2.75, 3.05) is 43.1 Å². The molecule has 2 aromatic rings. The van der Waals surface area contributed by atoms with Gasteiger partial charge in [0.05, 0.1) is 13.7 Å². The lowest BCUT2D eigenvalue weighted by molar-refractivity contribution is -0.119. The minimum Gasteiger partial charge on any atom is -0.659 e. The van der Waals surface area contributed by atoms with E-state index in [9.17, 15) is 4.79 Å². The number of anilines is 2. The summed E-state index contributed by atoms with van der Waals surface area (Å²) >= 11 is 0. The van der Waals surface area contributed by atoms with Crippen LogP contribution >= 0.6 is 0 Å². The number of carbonyl (C=O) groups is 1. The van der Waals surface area contributed by atoms with Crippen LogP contribution in [-0.4, -0.2) is 39.2 Å². The molecule has 2 aliphatic heterocycles. The molecular weight excluding hydrogens is 326 g/mol. The minimum atomic E-state index is 0.185. The van der Waals surface area contributed by atoms with Gasteiger partial charge in [0.25, 0.3) is 0 Å². The maximum absolute atomic E-state index is 12.6. The summed E-state index contributed by atoms with van der Waals surface area (Å²) in [6.07, 6.45) is 1.40. The van der Waals surface area contributed by atoms with Crippen molar-refractivity contribution in [1.29, 1.82) is 0 Å². The Kier molecular flexibility index (Phi) is 4.80. The van der Waals surface area contributed by atoms with Gasteiger partial charge in [-0.2, -0.15) is 0 Å². The second-order valence-electron chi connectivity index (χ2n) is 6.81. The highest BCUT2D eigenvalue weighted by Gasteiger charge is 2.24. The Hall–Kier alpha value is -2.53. The number of carbonyl (C=O) groups excluding carboxylic acids is 1. The van der Waals surface area contributed by atoms with E-state index in [-0.39, 0.29) is 5.91 Å². The van der Waals surface area contributed by atoms with Crippen LogP contribution < -0.4 is 14.5 Å². The summed E-state index contributed by atoms with van der Waals surface area (Å²) in [5.41, 5.74) is 4.51. The van der Waals surface area contributed by atoms with Crippen molar-refractivity contribution < 1.29 is 9.53 Å². The number of hydrogen-bond donors (Lipinski definition) is 0. The Morgan fingerprint density at radius 3 is 2.69 bits per heavy atom. The summed E-state index contributed by atoms with van der Waals surface area (Å²) in [7, 11) is 1.69. The molecule has 26 heavy (non-hydrogen) atoms. The van der Waals surface area contributed by atoms with Gasteiger partial charge in [0.1, 0.15) is 5.75 Å². The molecular formula is C21H24N3O2-. The molecule has 5 heteroatoms. The number of benzene rings is 2. The summed E-state index contributed by atoms with van der Waals surface area (Å²) in [6, 6.07) is 14.5. The van der Waals surface area contributed by atoms with Gasteiger partial charge in [-0.25, -0.2) is 0 Å². The molecule has 136 valence electrons. The van der Waals surface area contributed by atoms with Crippen molar-refractivity contribution in [3.8, 4) is 5.75 Å². The fourth-order valence-corrected chi connectivity index (χ4v) is 3.75. The molecule has 5 nitrogen and oxygen atoms in total. The normalized spacial score (nSPS) is 17.2. The summed E-state index contributed by atoms with van der Waals surface area (Å²) in [4.78, 5) is 16.8. The lowest BCUT2D eigenvalue weighted by Gasteiger charge is -2.37. The maximum atomic E-state index is 12.6. The molecule has 2 heterocycles. The SMILES string of the molecule is COc1cc(CN2C(=O)CCc3ccccc32)cc(N2CC[N-]CC2)c1. The van der Waals surface area contributed by atoms with Crippen LogP contribution in [0, 0.1) is 0 Å². The minimum absolute atomic E-state index is 0.185. The van der Waals surface area contributed by atoms with E-state index in [1.807, 2.05) is 29.2 Å². The van der Waals surface area contributed by atoms with E-state index in [0.717, 1.165) is 55.3 Å². The van der Waals surface area contributed by atoms with Gasteiger partial charge in [-0.3, -0.25) is 4.79 Å². The van der Waals surface area contributed by atoms with Gasteiger partial charge in [-0.15, -0.1) is 13.1 Å². The first-order valence-corrected chi connectivity index (χ1v) is 9.19. The van der Waals surface area contributed by atoms with E-state index >= 15 is 0 Å². The number of ether oxygens (including phenoxy) is 1. The molecule has 0 aromatic heterocycles. The highest BCUT2D eigenvalue weighted by atomic mass is 16.5. The van der Waals surface area contributed by atoms with Crippen LogP contribution in [0.15, 0.2) is 42.5 Å². The van der Waals surface area contributed by atoms with Crippen LogP contribution in [0.1, 0.15) is 17.5 Å². The summed E-state index contributed by atoms with van der Waals surface area (Å²) in [5.74, 6) is 1.02. The second-order valence-corrected chi connectivity index (χ2v) is 6.81. The number of amides is 1. The zero-order chi connectivity index (χ0) is 17.9. The van der Waals surface area contributed by atoms with E-state index in [0.29, 0.717) is 13.0 Å². The highest BCUT2D eigenvalue weighted by Crippen LogP contribution is 2.31. The van der Waals surface area contributed by atoms with Crippen LogP contribution in [0.4, 0.5) is 11.4 Å². The predicted octanol–water partition coefficient (Wildman–Crippen LogP) is 3.37. The van der Waals surface area contributed by atoms with Crippen molar-refractivity contribution in [3.05, 3.63) is 58.9 Å². The van der Waals surface area contributed by atoms with E-state index in [1.165, 1.54) is 5.56 Å². The molecule has 4 rings (SSSR count). The first-order valence-electron chi connectivity index (χ1n) is 9.19. The largest absolute Gasteiger partial charge is 0.659 e. The van der Waals surface area contributed by atoms with Gasteiger partial charge in [0.2, 0.25) is 5.91 Å².